The lowest BCUT2D eigenvalue weighted by Gasteiger charge is -2.30. The predicted octanol–water partition coefficient (Wildman–Crippen LogP) is 4.07. The summed E-state index contributed by atoms with van der Waals surface area (Å²) in [7, 11) is 0. The zero-order valence-electron chi connectivity index (χ0n) is 12.2. The summed E-state index contributed by atoms with van der Waals surface area (Å²) in [5, 5.41) is 0.815. The number of rotatable bonds is 4. The van der Waals surface area contributed by atoms with Crippen molar-refractivity contribution in [3.63, 3.8) is 0 Å². The second-order valence-corrected chi connectivity index (χ2v) is 6.10. The van der Waals surface area contributed by atoms with Gasteiger partial charge in [-0.15, -0.1) is 0 Å². The molecule has 1 aromatic carbocycles. The van der Waals surface area contributed by atoms with Crippen molar-refractivity contribution < 1.29 is 4.74 Å². The van der Waals surface area contributed by atoms with Crippen molar-refractivity contribution in [1.29, 1.82) is 0 Å². The molecule has 1 aromatic rings. The van der Waals surface area contributed by atoms with Crippen molar-refractivity contribution in [1.82, 2.24) is 4.90 Å². The topological polar surface area (TPSA) is 12.5 Å². The fraction of sp³-hybridized carbons (Fsp3) is 0.625. The molecule has 2 rings (SSSR count). The van der Waals surface area contributed by atoms with E-state index in [9.17, 15) is 0 Å². The minimum absolute atomic E-state index is 0.759. The van der Waals surface area contributed by atoms with Crippen LogP contribution in [0.15, 0.2) is 12.1 Å². The molecular weight excluding hydrogens is 258 g/mol. The Labute approximate surface area is 121 Å². The van der Waals surface area contributed by atoms with Gasteiger partial charge in [0.05, 0.1) is 0 Å². The van der Waals surface area contributed by atoms with E-state index in [0.29, 0.717) is 0 Å². The molecule has 1 saturated heterocycles. The summed E-state index contributed by atoms with van der Waals surface area (Å²) in [5.74, 6) is 1.79. The molecule has 106 valence electrons. The summed E-state index contributed by atoms with van der Waals surface area (Å²) in [4.78, 5) is 2.51. The maximum Gasteiger partial charge on any atom is 0.122 e. The molecule has 1 aliphatic heterocycles. The molecule has 0 N–H and O–H groups in total. The lowest BCUT2D eigenvalue weighted by Crippen LogP contribution is -2.37. The Balaban J connectivity index is 1.84. The van der Waals surface area contributed by atoms with Crippen LogP contribution in [0.1, 0.15) is 30.9 Å². The summed E-state index contributed by atoms with van der Waals surface area (Å²) in [6, 6.07) is 3.89. The molecule has 0 aliphatic carbocycles. The number of ether oxygens (including phenoxy) is 1. The highest BCUT2D eigenvalue weighted by molar-refractivity contribution is 6.31. The van der Waals surface area contributed by atoms with Crippen LogP contribution >= 0.6 is 11.6 Å². The van der Waals surface area contributed by atoms with Crippen LogP contribution in [-0.4, -0.2) is 31.1 Å². The predicted molar refractivity (Wildman–Crippen MR) is 81.3 cm³/mol. The van der Waals surface area contributed by atoms with E-state index in [2.05, 4.69) is 18.7 Å². The first-order valence-electron chi connectivity index (χ1n) is 7.18. The molecule has 1 atom stereocenters. The third-order valence-electron chi connectivity index (χ3n) is 4.08. The minimum Gasteiger partial charge on any atom is -0.492 e. The van der Waals surface area contributed by atoms with Gasteiger partial charge in [0.25, 0.3) is 0 Å². The van der Waals surface area contributed by atoms with E-state index in [1.54, 1.807) is 0 Å². The zero-order chi connectivity index (χ0) is 13.8. The molecule has 1 aliphatic rings. The van der Waals surface area contributed by atoms with Crippen LogP contribution in [0.3, 0.4) is 0 Å². The standard InChI is InChI=1S/C16H24ClNO/c1-12-5-4-8-18(11-12)9-10-19-16-7-6-15(17)13(2)14(16)3/h6-7,12H,4-5,8-11H2,1-3H3. The van der Waals surface area contributed by atoms with Crippen LogP contribution in [0.4, 0.5) is 0 Å². The Bertz CT molecular complexity index is 433. The largest absolute Gasteiger partial charge is 0.492 e. The third kappa shape index (κ3) is 3.87. The van der Waals surface area contributed by atoms with Crippen LogP contribution in [0.25, 0.3) is 0 Å². The number of nitrogens with zero attached hydrogens (tertiary/aromatic N) is 1. The Morgan fingerprint density at radius 3 is 2.84 bits per heavy atom. The minimum atomic E-state index is 0.759. The quantitative estimate of drug-likeness (QED) is 0.825. The number of halogens is 1. The molecule has 0 spiro atoms. The molecular formula is C16H24ClNO. The van der Waals surface area contributed by atoms with Crippen LogP contribution in [0, 0.1) is 19.8 Å². The molecule has 0 bridgehead atoms. The summed E-state index contributed by atoms with van der Waals surface area (Å²) in [5.41, 5.74) is 2.27. The van der Waals surface area contributed by atoms with Gasteiger partial charge in [0.15, 0.2) is 0 Å². The summed E-state index contributed by atoms with van der Waals surface area (Å²) in [6.07, 6.45) is 2.69. The molecule has 1 heterocycles. The van der Waals surface area contributed by atoms with E-state index in [-0.39, 0.29) is 0 Å². The summed E-state index contributed by atoms with van der Waals surface area (Å²) in [6.45, 7) is 10.6. The lowest BCUT2D eigenvalue weighted by atomic mass is 10.0. The van der Waals surface area contributed by atoms with Crippen LogP contribution < -0.4 is 4.74 Å². The average Bonchev–Trinajstić information content (AvgIpc) is 2.39. The molecule has 1 fully saturated rings. The first-order valence-corrected chi connectivity index (χ1v) is 7.56. The molecule has 19 heavy (non-hydrogen) atoms. The number of hydrogen-bond donors (Lipinski definition) is 0. The first-order chi connectivity index (χ1) is 9.08. The Kier molecular flexibility index (Phi) is 5.12. The van der Waals surface area contributed by atoms with Gasteiger partial charge in [0.2, 0.25) is 0 Å². The van der Waals surface area contributed by atoms with Gasteiger partial charge in [0.1, 0.15) is 12.4 Å². The van der Waals surface area contributed by atoms with E-state index in [0.717, 1.165) is 41.0 Å². The number of benzene rings is 1. The van der Waals surface area contributed by atoms with E-state index < -0.39 is 0 Å². The molecule has 0 saturated carbocycles. The molecule has 0 amide bonds. The maximum atomic E-state index is 6.09. The van der Waals surface area contributed by atoms with E-state index in [1.165, 1.54) is 25.9 Å². The highest BCUT2D eigenvalue weighted by Crippen LogP contribution is 2.27. The van der Waals surface area contributed by atoms with Crippen molar-refractivity contribution in [3.8, 4) is 5.75 Å². The third-order valence-corrected chi connectivity index (χ3v) is 4.49. The fourth-order valence-corrected chi connectivity index (χ4v) is 2.90. The van der Waals surface area contributed by atoms with Gasteiger partial charge in [0, 0.05) is 18.1 Å². The normalized spacial score (nSPS) is 20.5. The molecule has 3 heteroatoms. The van der Waals surface area contributed by atoms with E-state index >= 15 is 0 Å². The molecule has 0 radical (unpaired) electrons. The molecule has 0 aromatic heterocycles. The second kappa shape index (κ2) is 6.62. The van der Waals surface area contributed by atoms with Crippen molar-refractivity contribution in [2.75, 3.05) is 26.2 Å². The fourth-order valence-electron chi connectivity index (χ4n) is 2.69. The second-order valence-electron chi connectivity index (χ2n) is 5.69. The highest BCUT2D eigenvalue weighted by atomic mass is 35.5. The van der Waals surface area contributed by atoms with E-state index in [1.807, 2.05) is 19.1 Å². The molecule has 1 unspecified atom stereocenters. The van der Waals surface area contributed by atoms with Gasteiger partial charge in [-0.05, 0) is 62.4 Å². The number of piperidine rings is 1. The highest BCUT2D eigenvalue weighted by Gasteiger charge is 2.16. The van der Waals surface area contributed by atoms with Gasteiger partial charge in [-0.25, -0.2) is 0 Å². The van der Waals surface area contributed by atoms with Gasteiger partial charge in [-0.3, -0.25) is 4.90 Å². The van der Waals surface area contributed by atoms with Gasteiger partial charge in [-0.2, -0.15) is 0 Å². The monoisotopic (exact) mass is 281 g/mol. The van der Waals surface area contributed by atoms with Crippen molar-refractivity contribution in [2.24, 2.45) is 5.92 Å². The Morgan fingerprint density at radius 2 is 2.11 bits per heavy atom. The first kappa shape index (κ1) is 14.7. The van der Waals surface area contributed by atoms with Crippen LogP contribution in [-0.2, 0) is 0 Å². The van der Waals surface area contributed by atoms with Gasteiger partial charge < -0.3 is 4.74 Å². The smallest absolute Gasteiger partial charge is 0.122 e. The van der Waals surface area contributed by atoms with Gasteiger partial charge in [-0.1, -0.05) is 18.5 Å². The lowest BCUT2D eigenvalue weighted by molar-refractivity contribution is 0.153. The zero-order valence-corrected chi connectivity index (χ0v) is 13.0. The summed E-state index contributed by atoms with van der Waals surface area (Å²) >= 11 is 6.09. The molecule has 2 nitrogen and oxygen atoms in total. The Hall–Kier alpha value is -0.730. The SMILES string of the molecule is Cc1c(Cl)ccc(OCCN2CCCC(C)C2)c1C. The van der Waals surface area contributed by atoms with Crippen LogP contribution in [0.5, 0.6) is 5.75 Å². The van der Waals surface area contributed by atoms with E-state index in [4.69, 9.17) is 16.3 Å². The van der Waals surface area contributed by atoms with Crippen molar-refractivity contribution in [3.05, 3.63) is 28.3 Å². The average molecular weight is 282 g/mol. The number of hydrogen-bond acceptors (Lipinski definition) is 2. The van der Waals surface area contributed by atoms with Crippen LogP contribution in [0.2, 0.25) is 5.02 Å². The number of likely N-dealkylation sites (tertiary alicyclic amines) is 1. The van der Waals surface area contributed by atoms with Gasteiger partial charge >= 0.3 is 0 Å². The van der Waals surface area contributed by atoms with Crippen molar-refractivity contribution in [2.45, 2.75) is 33.6 Å². The van der Waals surface area contributed by atoms with Crippen molar-refractivity contribution >= 4 is 11.6 Å². The maximum absolute atomic E-state index is 6.09. The summed E-state index contributed by atoms with van der Waals surface area (Å²) < 4.78 is 5.91. The Morgan fingerprint density at radius 1 is 1.32 bits per heavy atom.